The van der Waals surface area contributed by atoms with Crippen LogP contribution in [0.15, 0.2) is 12.1 Å². The Morgan fingerprint density at radius 1 is 1.22 bits per heavy atom. The number of rotatable bonds is 4. The van der Waals surface area contributed by atoms with Gasteiger partial charge in [0.2, 0.25) is 0 Å². The molecule has 1 atom stereocenters. The van der Waals surface area contributed by atoms with Gasteiger partial charge in [-0.25, -0.2) is 0 Å². The zero-order valence-electron chi connectivity index (χ0n) is 10.5. The van der Waals surface area contributed by atoms with E-state index < -0.39 is 0 Å². The quantitative estimate of drug-likeness (QED) is 0.908. The van der Waals surface area contributed by atoms with Gasteiger partial charge in [0.05, 0.1) is 0 Å². The molecule has 0 bridgehead atoms. The molecule has 1 aromatic heterocycles. The highest BCUT2D eigenvalue weighted by molar-refractivity contribution is 6.29. The minimum atomic E-state index is 0.463. The fourth-order valence-electron chi connectivity index (χ4n) is 2.60. The minimum Gasteiger partial charge on any atom is -0.351 e. The molecule has 1 aliphatic heterocycles. The van der Waals surface area contributed by atoms with Gasteiger partial charge in [0, 0.05) is 18.6 Å². The zero-order valence-corrected chi connectivity index (χ0v) is 11.2. The molecule has 0 amide bonds. The van der Waals surface area contributed by atoms with E-state index in [1.807, 2.05) is 12.1 Å². The summed E-state index contributed by atoms with van der Waals surface area (Å²) in [6.07, 6.45) is 6.46. The summed E-state index contributed by atoms with van der Waals surface area (Å²) >= 11 is 5.80. The molecule has 98 valence electrons. The molecular formula is C13H19ClN4. The summed E-state index contributed by atoms with van der Waals surface area (Å²) < 4.78 is 0. The van der Waals surface area contributed by atoms with Crippen molar-refractivity contribution in [3.05, 3.63) is 17.3 Å². The predicted molar refractivity (Wildman–Crippen MR) is 73.1 cm³/mol. The van der Waals surface area contributed by atoms with E-state index in [9.17, 15) is 0 Å². The lowest BCUT2D eigenvalue weighted by Crippen LogP contribution is -2.44. The molecule has 1 unspecified atom stereocenters. The molecule has 1 saturated carbocycles. The molecule has 2 heterocycles. The maximum Gasteiger partial charge on any atom is 0.151 e. The van der Waals surface area contributed by atoms with Gasteiger partial charge in [-0.15, -0.1) is 10.2 Å². The maximum atomic E-state index is 5.80. The first-order valence-electron chi connectivity index (χ1n) is 6.82. The van der Waals surface area contributed by atoms with Gasteiger partial charge in [-0.05, 0) is 44.4 Å². The Bertz CT molecular complexity index is 384. The van der Waals surface area contributed by atoms with E-state index in [-0.39, 0.29) is 0 Å². The van der Waals surface area contributed by atoms with Gasteiger partial charge in [0.15, 0.2) is 11.0 Å². The minimum absolute atomic E-state index is 0.463. The van der Waals surface area contributed by atoms with E-state index in [1.54, 1.807) is 0 Å². The zero-order chi connectivity index (χ0) is 12.4. The average Bonchev–Trinajstić information content (AvgIpc) is 3.23. The van der Waals surface area contributed by atoms with Crippen LogP contribution in [0.2, 0.25) is 5.15 Å². The highest BCUT2D eigenvalue weighted by Gasteiger charge is 2.32. The Balaban J connectivity index is 1.69. The van der Waals surface area contributed by atoms with Crippen LogP contribution in [-0.4, -0.2) is 35.4 Å². The molecule has 2 aliphatic rings. The number of anilines is 1. The van der Waals surface area contributed by atoms with Gasteiger partial charge in [0.1, 0.15) is 0 Å². The average molecular weight is 267 g/mol. The number of aromatic nitrogens is 2. The summed E-state index contributed by atoms with van der Waals surface area (Å²) in [6, 6.07) is 5.06. The van der Waals surface area contributed by atoms with Crippen molar-refractivity contribution in [1.82, 2.24) is 15.5 Å². The Morgan fingerprint density at radius 3 is 2.72 bits per heavy atom. The van der Waals surface area contributed by atoms with Crippen LogP contribution in [0.5, 0.6) is 0 Å². The van der Waals surface area contributed by atoms with Crippen LogP contribution in [0.4, 0.5) is 5.82 Å². The maximum absolute atomic E-state index is 5.80. The Hall–Kier alpha value is -0.870. The number of hydrogen-bond donors (Lipinski definition) is 1. The van der Waals surface area contributed by atoms with E-state index in [0.29, 0.717) is 17.2 Å². The Labute approximate surface area is 113 Å². The molecule has 1 aromatic rings. The van der Waals surface area contributed by atoms with Crippen LogP contribution in [0.3, 0.4) is 0 Å². The van der Waals surface area contributed by atoms with E-state index in [4.69, 9.17) is 11.6 Å². The summed E-state index contributed by atoms with van der Waals surface area (Å²) in [7, 11) is 0. The SMILES string of the molecule is Clc1ccc(N(CC2CCCCN2)C2CC2)nn1. The van der Waals surface area contributed by atoms with Crippen molar-refractivity contribution in [2.45, 2.75) is 44.2 Å². The van der Waals surface area contributed by atoms with Crippen molar-refractivity contribution in [2.75, 3.05) is 18.0 Å². The lowest BCUT2D eigenvalue weighted by atomic mass is 10.0. The lowest BCUT2D eigenvalue weighted by Gasteiger charge is -2.31. The molecule has 0 aromatic carbocycles. The van der Waals surface area contributed by atoms with Crippen LogP contribution in [-0.2, 0) is 0 Å². The van der Waals surface area contributed by atoms with Crippen molar-refractivity contribution >= 4 is 17.4 Å². The second kappa shape index (κ2) is 5.41. The standard InChI is InChI=1S/C13H19ClN4/c14-12-6-7-13(17-16-12)18(11-4-5-11)9-10-3-1-2-8-15-10/h6-7,10-11,15H,1-5,8-9H2. The molecule has 3 rings (SSSR count). The number of nitrogens with zero attached hydrogens (tertiary/aromatic N) is 3. The summed E-state index contributed by atoms with van der Waals surface area (Å²) in [5, 5.41) is 12.2. The highest BCUT2D eigenvalue weighted by Crippen LogP contribution is 2.31. The van der Waals surface area contributed by atoms with Gasteiger partial charge in [-0.3, -0.25) is 0 Å². The second-order valence-electron chi connectivity index (χ2n) is 5.24. The van der Waals surface area contributed by atoms with Crippen molar-refractivity contribution in [3.63, 3.8) is 0 Å². The third-order valence-electron chi connectivity index (χ3n) is 3.73. The number of halogens is 1. The molecule has 18 heavy (non-hydrogen) atoms. The van der Waals surface area contributed by atoms with Crippen LogP contribution in [0.25, 0.3) is 0 Å². The number of hydrogen-bond acceptors (Lipinski definition) is 4. The Kier molecular flexibility index (Phi) is 3.66. The third-order valence-corrected chi connectivity index (χ3v) is 3.93. The smallest absolute Gasteiger partial charge is 0.151 e. The van der Waals surface area contributed by atoms with E-state index in [1.165, 1.54) is 32.1 Å². The summed E-state index contributed by atoms with van der Waals surface area (Å²) in [4.78, 5) is 2.40. The first-order chi connectivity index (χ1) is 8.83. The van der Waals surface area contributed by atoms with Crippen LogP contribution < -0.4 is 10.2 Å². The van der Waals surface area contributed by atoms with Gasteiger partial charge in [-0.1, -0.05) is 18.0 Å². The lowest BCUT2D eigenvalue weighted by molar-refractivity contribution is 0.397. The van der Waals surface area contributed by atoms with Crippen molar-refractivity contribution in [3.8, 4) is 0 Å². The van der Waals surface area contributed by atoms with Gasteiger partial charge < -0.3 is 10.2 Å². The number of piperidine rings is 1. The molecule has 0 radical (unpaired) electrons. The van der Waals surface area contributed by atoms with Crippen LogP contribution in [0.1, 0.15) is 32.1 Å². The molecule has 0 spiro atoms. The molecular weight excluding hydrogens is 248 g/mol. The Morgan fingerprint density at radius 2 is 2.11 bits per heavy atom. The van der Waals surface area contributed by atoms with E-state index in [2.05, 4.69) is 20.4 Å². The topological polar surface area (TPSA) is 41.0 Å². The predicted octanol–water partition coefficient (Wildman–Crippen LogP) is 2.24. The largest absolute Gasteiger partial charge is 0.351 e. The molecule has 1 aliphatic carbocycles. The van der Waals surface area contributed by atoms with E-state index >= 15 is 0 Å². The number of nitrogens with one attached hydrogen (secondary N) is 1. The van der Waals surface area contributed by atoms with Crippen LogP contribution >= 0.6 is 11.6 Å². The van der Waals surface area contributed by atoms with Gasteiger partial charge in [-0.2, -0.15) is 0 Å². The molecule has 1 N–H and O–H groups in total. The first-order valence-corrected chi connectivity index (χ1v) is 7.20. The summed E-state index contributed by atoms with van der Waals surface area (Å²) in [5.41, 5.74) is 0. The fourth-order valence-corrected chi connectivity index (χ4v) is 2.70. The summed E-state index contributed by atoms with van der Waals surface area (Å²) in [6.45, 7) is 2.19. The second-order valence-corrected chi connectivity index (χ2v) is 5.63. The highest BCUT2D eigenvalue weighted by atomic mass is 35.5. The van der Waals surface area contributed by atoms with Crippen molar-refractivity contribution < 1.29 is 0 Å². The van der Waals surface area contributed by atoms with Gasteiger partial charge >= 0.3 is 0 Å². The molecule has 1 saturated heterocycles. The van der Waals surface area contributed by atoms with Crippen molar-refractivity contribution in [1.29, 1.82) is 0 Å². The van der Waals surface area contributed by atoms with E-state index in [0.717, 1.165) is 18.9 Å². The molecule has 2 fully saturated rings. The fraction of sp³-hybridized carbons (Fsp3) is 0.692. The first kappa shape index (κ1) is 12.2. The van der Waals surface area contributed by atoms with Crippen LogP contribution in [0, 0.1) is 0 Å². The van der Waals surface area contributed by atoms with Crippen molar-refractivity contribution in [2.24, 2.45) is 0 Å². The van der Waals surface area contributed by atoms with Gasteiger partial charge in [0.25, 0.3) is 0 Å². The third kappa shape index (κ3) is 2.93. The normalized spacial score (nSPS) is 23.9. The molecule has 4 nitrogen and oxygen atoms in total. The monoisotopic (exact) mass is 266 g/mol. The molecule has 5 heteroatoms. The summed E-state index contributed by atoms with van der Waals surface area (Å²) in [5.74, 6) is 0.967.